The highest BCUT2D eigenvalue weighted by molar-refractivity contribution is 6.34. The lowest BCUT2D eigenvalue weighted by molar-refractivity contribution is 0.200. The van der Waals surface area contributed by atoms with Gasteiger partial charge < -0.3 is 4.74 Å². The highest BCUT2D eigenvalue weighted by atomic mass is 35.5. The molecule has 0 unspecified atom stereocenters. The van der Waals surface area contributed by atoms with E-state index in [2.05, 4.69) is 15.1 Å². The molecule has 5 rings (SSSR count). The van der Waals surface area contributed by atoms with Crippen molar-refractivity contribution in [2.45, 2.75) is 51.5 Å². The van der Waals surface area contributed by atoms with Gasteiger partial charge in [-0.1, -0.05) is 11.6 Å². The van der Waals surface area contributed by atoms with Crippen molar-refractivity contribution in [3.63, 3.8) is 0 Å². The first-order chi connectivity index (χ1) is 15.5. The summed E-state index contributed by atoms with van der Waals surface area (Å²) in [7, 11) is 0. The Labute approximate surface area is 191 Å². The average Bonchev–Trinajstić information content (AvgIpc) is 3.52. The van der Waals surface area contributed by atoms with Gasteiger partial charge in [0.05, 0.1) is 11.6 Å². The van der Waals surface area contributed by atoms with Crippen LogP contribution in [-0.2, 0) is 13.0 Å². The van der Waals surface area contributed by atoms with Crippen molar-refractivity contribution in [1.82, 2.24) is 19.5 Å². The molecule has 2 aliphatic rings. The lowest BCUT2D eigenvalue weighted by Gasteiger charge is -2.33. The van der Waals surface area contributed by atoms with Gasteiger partial charge in [0.15, 0.2) is 17.2 Å². The minimum atomic E-state index is -0.500. The molecule has 0 atom stereocenters. The molecule has 3 heterocycles. The van der Waals surface area contributed by atoms with Crippen LogP contribution in [0, 0.1) is 17.6 Å². The summed E-state index contributed by atoms with van der Waals surface area (Å²) in [5.41, 5.74) is 2.09. The molecule has 1 saturated carbocycles. The summed E-state index contributed by atoms with van der Waals surface area (Å²) in [5, 5.41) is 9.30. The first kappa shape index (κ1) is 21.6. The number of hydrogen-bond donors (Lipinski definition) is 0. The van der Waals surface area contributed by atoms with Crippen LogP contribution in [0.1, 0.15) is 55.5 Å². The van der Waals surface area contributed by atoms with Gasteiger partial charge >= 0.3 is 0 Å². The molecule has 0 amide bonds. The maximum absolute atomic E-state index is 14.6. The highest BCUT2D eigenvalue weighted by Crippen LogP contribution is 2.38. The van der Waals surface area contributed by atoms with Crippen LogP contribution in [0.3, 0.4) is 0 Å². The summed E-state index contributed by atoms with van der Waals surface area (Å²) in [4.78, 5) is 2.30. The number of rotatable bonds is 7. The quantitative estimate of drug-likeness (QED) is 0.474. The Balaban J connectivity index is 1.28. The minimum Gasteiger partial charge on any atom is -0.490 e. The van der Waals surface area contributed by atoms with Crippen LogP contribution in [-0.4, -0.2) is 39.2 Å². The zero-order chi connectivity index (χ0) is 22.2. The van der Waals surface area contributed by atoms with Crippen LogP contribution in [0.2, 0.25) is 5.02 Å². The van der Waals surface area contributed by atoms with E-state index < -0.39 is 11.6 Å². The van der Waals surface area contributed by atoms with Gasteiger partial charge in [-0.2, -0.15) is 0 Å². The lowest BCUT2D eigenvalue weighted by atomic mass is 9.88. The molecule has 32 heavy (non-hydrogen) atoms. The number of likely N-dealkylation sites (tertiary alicyclic amines) is 1. The fourth-order valence-corrected chi connectivity index (χ4v) is 4.95. The Kier molecular flexibility index (Phi) is 6.03. The molecular formula is C24H27ClF2N4O. The van der Waals surface area contributed by atoms with Crippen LogP contribution in [0.15, 0.2) is 24.4 Å². The van der Waals surface area contributed by atoms with Crippen LogP contribution in [0.4, 0.5) is 8.78 Å². The van der Waals surface area contributed by atoms with Crippen molar-refractivity contribution in [3.05, 3.63) is 58.0 Å². The van der Waals surface area contributed by atoms with E-state index in [0.29, 0.717) is 29.4 Å². The fraction of sp³-hybridized carbons (Fsp3) is 0.500. The van der Waals surface area contributed by atoms with Gasteiger partial charge in [0, 0.05) is 24.7 Å². The van der Waals surface area contributed by atoms with Gasteiger partial charge in [-0.15, -0.1) is 10.2 Å². The molecule has 0 bridgehead atoms. The second-order valence-corrected chi connectivity index (χ2v) is 9.25. The van der Waals surface area contributed by atoms with Crippen LogP contribution in [0.5, 0.6) is 5.75 Å². The molecule has 1 aliphatic heterocycles. The Morgan fingerprint density at radius 2 is 1.81 bits per heavy atom. The first-order valence-electron chi connectivity index (χ1n) is 11.4. The topological polar surface area (TPSA) is 42.7 Å². The summed E-state index contributed by atoms with van der Waals surface area (Å²) in [6.07, 6.45) is 6.96. The van der Waals surface area contributed by atoms with Crippen LogP contribution < -0.4 is 4.74 Å². The normalized spacial score (nSPS) is 17.9. The summed E-state index contributed by atoms with van der Waals surface area (Å²) in [6.45, 7) is 4.32. The molecule has 5 nitrogen and oxygen atoms in total. The number of halogens is 3. The third kappa shape index (κ3) is 4.20. The summed E-state index contributed by atoms with van der Waals surface area (Å²) in [6, 6.07) is 4.38. The predicted octanol–water partition coefficient (Wildman–Crippen LogP) is 5.39. The molecule has 1 aliphatic carbocycles. The van der Waals surface area contributed by atoms with Crippen molar-refractivity contribution in [3.8, 4) is 5.75 Å². The number of fused-ring (bicyclic) bond motifs is 1. The van der Waals surface area contributed by atoms with Crippen molar-refractivity contribution < 1.29 is 13.5 Å². The predicted molar refractivity (Wildman–Crippen MR) is 119 cm³/mol. The largest absolute Gasteiger partial charge is 0.490 e. The maximum Gasteiger partial charge on any atom is 0.179 e. The van der Waals surface area contributed by atoms with E-state index in [1.165, 1.54) is 18.9 Å². The Morgan fingerprint density at radius 3 is 2.53 bits per heavy atom. The smallest absolute Gasteiger partial charge is 0.179 e. The molecule has 1 saturated heterocycles. The number of piperidine rings is 1. The summed E-state index contributed by atoms with van der Waals surface area (Å²) >= 11 is 6.69. The Hall–Kier alpha value is -2.25. The van der Waals surface area contributed by atoms with Crippen LogP contribution in [0.25, 0.3) is 5.65 Å². The van der Waals surface area contributed by atoms with Gasteiger partial charge in [0.1, 0.15) is 11.6 Å². The van der Waals surface area contributed by atoms with Gasteiger partial charge in [-0.25, -0.2) is 8.78 Å². The molecule has 1 aromatic carbocycles. The second kappa shape index (κ2) is 8.94. The zero-order valence-corrected chi connectivity index (χ0v) is 18.9. The number of aromatic nitrogens is 3. The monoisotopic (exact) mass is 460 g/mol. The molecular weight excluding hydrogens is 434 g/mol. The highest BCUT2D eigenvalue weighted by Gasteiger charge is 2.28. The average molecular weight is 461 g/mol. The third-order valence-electron chi connectivity index (χ3n) is 6.61. The summed E-state index contributed by atoms with van der Waals surface area (Å²) in [5.74, 6) is 0.805. The standard InChI is InChI=1S/C24H27ClF2N4O/c1-2-32-23-19(27)6-5-18(26)21(23)16-7-10-30(11-8-16)14-17-9-12-31-20(13-15-3-4-15)28-29-24(31)22(17)25/h5-6,9,12,15-16H,2-4,7-8,10-11,13-14H2,1H3. The van der Waals surface area contributed by atoms with Crippen molar-refractivity contribution >= 4 is 17.2 Å². The van der Waals surface area contributed by atoms with E-state index in [9.17, 15) is 8.78 Å². The number of hydrogen-bond acceptors (Lipinski definition) is 4. The SMILES string of the molecule is CCOc1c(F)ccc(F)c1C1CCN(Cc2ccn3c(CC4CC4)nnc3c2Cl)CC1. The molecule has 0 radical (unpaired) electrons. The zero-order valence-electron chi connectivity index (χ0n) is 18.2. The second-order valence-electron chi connectivity index (χ2n) is 8.87. The van der Waals surface area contributed by atoms with Crippen molar-refractivity contribution in [1.29, 1.82) is 0 Å². The van der Waals surface area contributed by atoms with Crippen molar-refractivity contribution in [2.75, 3.05) is 19.7 Å². The molecule has 3 aromatic rings. The molecule has 0 spiro atoms. The summed E-state index contributed by atoms with van der Waals surface area (Å²) < 4.78 is 36.3. The van der Waals surface area contributed by atoms with Gasteiger partial charge in [0.2, 0.25) is 0 Å². The maximum atomic E-state index is 14.6. The van der Waals surface area contributed by atoms with E-state index in [1.807, 2.05) is 16.7 Å². The fourth-order valence-electron chi connectivity index (χ4n) is 4.69. The van der Waals surface area contributed by atoms with E-state index in [4.69, 9.17) is 16.3 Å². The number of benzene rings is 1. The molecule has 2 fully saturated rings. The molecule has 2 aromatic heterocycles. The number of ether oxygens (including phenoxy) is 1. The van der Waals surface area contributed by atoms with Crippen molar-refractivity contribution in [2.24, 2.45) is 5.92 Å². The van der Waals surface area contributed by atoms with Gasteiger partial charge in [0.25, 0.3) is 0 Å². The molecule has 8 heteroatoms. The van der Waals surface area contributed by atoms with E-state index in [-0.39, 0.29) is 11.7 Å². The Bertz CT molecular complexity index is 1120. The Morgan fingerprint density at radius 1 is 1.06 bits per heavy atom. The number of pyridine rings is 1. The lowest BCUT2D eigenvalue weighted by Crippen LogP contribution is -2.33. The molecule has 0 N–H and O–H groups in total. The van der Waals surface area contributed by atoms with E-state index in [0.717, 1.165) is 55.7 Å². The van der Waals surface area contributed by atoms with Gasteiger partial charge in [-0.05, 0) is 81.3 Å². The van der Waals surface area contributed by atoms with E-state index in [1.54, 1.807) is 6.92 Å². The third-order valence-corrected chi connectivity index (χ3v) is 7.02. The molecule has 170 valence electrons. The minimum absolute atomic E-state index is 0.0632. The van der Waals surface area contributed by atoms with E-state index >= 15 is 0 Å². The first-order valence-corrected chi connectivity index (χ1v) is 11.8. The van der Waals surface area contributed by atoms with Crippen LogP contribution >= 0.6 is 11.6 Å². The number of nitrogens with zero attached hydrogens (tertiary/aromatic N) is 4. The van der Waals surface area contributed by atoms with Gasteiger partial charge in [-0.3, -0.25) is 9.30 Å².